The third-order valence-corrected chi connectivity index (χ3v) is 4.74. The van der Waals surface area contributed by atoms with Crippen molar-refractivity contribution in [3.63, 3.8) is 0 Å². The number of hydrogen-bond donors (Lipinski definition) is 3. The molecule has 0 aliphatic rings. The molecule has 3 rings (SSSR count). The minimum Gasteiger partial charge on any atom is -0.394 e. The molecule has 7 nitrogen and oxygen atoms in total. The number of aliphatic hydroxyl groups is 1. The van der Waals surface area contributed by atoms with E-state index in [-0.39, 0.29) is 12.5 Å². The van der Waals surface area contributed by atoms with Crippen LogP contribution in [0.1, 0.15) is 29.2 Å². The van der Waals surface area contributed by atoms with Crippen LogP contribution < -0.4 is 10.6 Å². The Labute approximate surface area is 161 Å². The van der Waals surface area contributed by atoms with E-state index in [0.717, 1.165) is 16.3 Å². The smallest absolute Gasteiger partial charge is 0.280 e. The molecule has 0 fully saturated rings. The predicted octanol–water partition coefficient (Wildman–Crippen LogP) is 3.15. The van der Waals surface area contributed by atoms with Crippen molar-refractivity contribution in [2.24, 2.45) is 0 Å². The van der Waals surface area contributed by atoms with Crippen LogP contribution in [0.4, 0.5) is 11.6 Å². The van der Waals surface area contributed by atoms with Crippen LogP contribution in [-0.4, -0.2) is 38.1 Å². The largest absolute Gasteiger partial charge is 0.394 e. The molecule has 0 spiro atoms. The lowest BCUT2D eigenvalue weighted by molar-refractivity contribution is 0.0869. The zero-order chi connectivity index (χ0) is 19.4. The SMILES string of the molecule is Cc1ccnc(Nc2cccc(-c3cnc(C(=O)NC(C)(C)CO)s3)n2)c1. The number of carbonyl (C=O) groups is 1. The molecule has 8 heteroatoms. The second kappa shape index (κ2) is 7.81. The van der Waals surface area contributed by atoms with Gasteiger partial charge in [0.15, 0.2) is 5.01 Å². The monoisotopic (exact) mass is 383 g/mol. The van der Waals surface area contributed by atoms with Crippen LogP contribution in [0.15, 0.2) is 42.7 Å². The molecule has 0 aromatic carbocycles. The number of aliphatic hydroxyl groups excluding tert-OH is 1. The van der Waals surface area contributed by atoms with Crippen LogP contribution in [0.25, 0.3) is 10.6 Å². The topological polar surface area (TPSA) is 100 Å². The van der Waals surface area contributed by atoms with E-state index in [1.54, 1.807) is 26.2 Å². The molecule has 0 bridgehead atoms. The zero-order valence-corrected chi connectivity index (χ0v) is 16.2. The highest BCUT2D eigenvalue weighted by atomic mass is 32.1. The molecular weight excluding hydrogens is 362 g/mol. The average molecular weight is 383 g/mol. The van der Waals surface area contributed by atoms with Gasteiger partial charge < -0.3 is 15.7 Å². The van der Waals surface area contributed by atoms with Gasteiger partial charge in [-0.3, -0.25) is 4.79 Å². The van der Waals surface area contributed by atoms with E-state index in [2.05, 4.69) is 25.6 Å². The lowest BCUT2D eigenvalue weighted by Gasteiger charge is -2.22. The highest BCUT2D eigenvalue weighted by Gasteiger charge is 2.22. The Kier molecular flexibility index (Phi) is 5.48. The minimum atomic E-state index is -0.703. The maximum Gasteiger partial charge on any atom is 0.280 e. The minimum absolute atomic E-state index is 0.154. The molecule has 0 radical (unpaired) electrons. The molecule has 140 valence electrons. The maximum atomic E-state index is 12.3. The number of amides is 1. The summed E-state index contributed by atoms with van der Waals surface area (Å²) in [6.45, 7) is 5.34. The van der Waals surface area contributed by atoms with Gasteiger partial charge in [0.2, 0.25) is 0 Å². The summed E-state index contributed by atoms with van der Waals surface area (Å²) in [4.78, 5) is 26.1. The molecule has 0 atom stereocenters. The quantitative estimate of drug-likeness (QED) is 0.605. The van der Waals surface area contributed by atoms with E-state index in [0.29, 0.717) is 16.5 Å². The standard InChI is InChI=1S/C19H21N5O2S/c1-12-7-8-20-16(9-12)23-15-6-4-5-13(22-15)14-10-21-18(27-14)17(26)24-19(2,3)11-25/h4-10,25H,11H2,1-3H3,(H,24,26)(H,20,22,23). The van der Waals surface area contributed by atoms with E-state index in [1.807, 2.05) is 37.3 Å². The summed E-state index contributed by atoms with van der Waals surface area (Å²) in [6, 6.07) is 9.46. The maximum absolute atomic E-state index is 12.3. The van der Waals surface area contributed by atoms with E-state index >= 15 is 0 Å². The van der Waals surface area contributed by atoms with Crippen molar-refractivity contribution in [3.8, 4) is 10.6 Å². The van der Waals surface area contributed by atoms with Crippen LogP contribution in [0.5, 0.6) is 0 Å². The summed E-state index contributed by atoms with van der Waals surface area (Å²) in [5.41, 5.74) is 1.12. The molecule has 3 heterocycles. The number of aromatic nitrogens is 3. The number of hydrogen-bond acceptors (Lipinski definition) is 7. The number of anilines is 2. The molecule has 3 aromatic heterocycles. The van der Waals surface area contributed by atoms with Crippen LogP contribution in [0.2, 0.25) is 0 Å². The van der Waals surface area contributed by atoms with Gasteiger partial charge in [0.25, 0.3) is 5.91 Å². The first-order valence-electron chi connectivity index (χ1n) is 8.43. The number of thiazole rings is 1. The Balaban J connectivity index is 1.78. The summed E-state index contributed by atoms with van der Waals surface area (Å²) in [5.74, 6) is 1.06. The van der Waals surface area contributed by atoms with Crippen LogP contribution >= 0.6 is 11.3 Å². The van der Waals surface area contributed by atoms with Gasteiger partial charge in [-0.25, -0.2) is 15.0 Å². The van der Waals surface area contributed by atoms with Gasteiger partial charge in [0.05, 0.1) is 22.7 Å². The Morgan fingerprint density at radius 1 is 1.22 bits per heavy atom. The summed E-state index contributed by atoms with van der Waals surface area (Å²) in [5, 5.41) is 15.5. The first-order chi connectivity index (χ1) is 12.9. The summed E-state index contributed by atoms with van der Waals surface area (Å²) in [6.07, 6.45) is 3.37. The van der Waals surface area contributed by atoms with E-state index in [1.165, 1.54) is 11.3 Å². The Morgan fingerprint density at radius 2 is 2.04 bits per heavy atom. The normalized spacial score (nSPS) is 11.3. The van der Waals surface area contributed by atoms with Crippen molar-refractivity contribution >= 4 is 28.9 Å². The van der Waals surface area contributed by atoms with Gasteiger partial charge in [-0.1, -0.05) is 6.07 Å². The summed E-state index contributed by atoms with van der Waals surface area (Å²) in [7, 11) is 0. The second-order valence-electron chi connectivity index (χ2n) is 6.78. The molecular formula is C19H21N5O2S. The lowest BCUT2D eigenvalue weighted by atomic mass is 10.1. The van der Waals surface area contributed by atoms with Gasteiger partial charge in [-0.15, -0.1) is 11.3 Å². The van der Waals surface area contributed by atoms with Gasteiger partial charge in [0, 0.05) is 12.4 Å². The van der Waals surface area contributed by atoms with Gasteiger partial charge >= 0.3 is 0 Å². The lowest BCUT2D eigenvalue weighted by Crippen LogP contribution is -2.46. The first-order valence-corrected chi connectivity index (χ1v) is 9.24. The molecule has 3 aromatic rings. The fourth-order valence-electron chi connectivity index (χ4n) is 2.28. The third-order valence-electron chi connectivity index (χ3n) is 3.72. The van der Waals surface area contributed by atoms with Crippen LogP contribution in [0.3, 0.4) is 0 Å². The zero-order valence-electron chi connectivity index (χ0n) is 15.4. The molecule has 0 aliphatic heterocycles. The fraction of sp³-hybridized carbons (Fsp3) is 0.263. The second-order valence-corrected chi connectivity index (χ2v) is 7.81. The molecule has 0 aliphatic carbocycles. The van der Waals surface area contributed by atoms with Crippen molar-refractivity contribution in [2.45, 2.75) is 26.3 Å². The van der Waals surface area contributed by atoms with E-state index in [4.69, 9.17) is 0 Å². The van der Waals surface area contributed by atoms with E-state index < -0.39 is 5.54 Å². The van der Waals surface area contributed by atoms with Gasteiger partial charge in [-0.2, -0.15) is 0 Å². The molecule has 0 saturated heterocycles. The van der Waals surface area contributed by atoms with Crippen molar-refractivity contribution in [1.29, 1.82) is 0 Å². The molecule has 27 heavy (non-hydrogen) atoms. The Hall–Kier alpha value is -2.84. The van der Waals surface area contributed by atoms with Crippen LogP contribution in [-0.2, 0) is 0 Å². The highest BCUT2D eigenvalue weighted by molar-refractivity contribution is 7.16. The molecule has 0 saturated carbocycles. The van der Waals surface area contributed by atoms with Crippen LogP contribution in [0, 0.1) is 6.92 Å². The highest BCUT2D eigenvalue weighted by Crippen LogP contribution is 2.26. The Bertz CT molecular complexity index is 955. The number of pyridine rings is 2. The predicted molar refractivity (Wildman–Crippen MR) is 106 cm³/mol. The fourth-order valence-corrected chi connectivity index (χ4v) is 3.06. The van der Waals surface area contributed by atoms with Crippen molar-refractivity contribution < 1.29 is 9.90 Å². The van der Waals surface area contributed by atoms with Gasteiger partial charge in [0.1, 0.15) is 11.6 Å². The molecule has 0 unspecified atom stereocenters. The number of aryl methyl sites for hydroxylation is 1. The molecule has 3 N–H and O–H groups in total. The molecule has 1 amide bonds. The summed E-state index contributed by atoms with van der Waals surface area (Å²) < 4.78 is 0. The number of nitrogens with zero attached hydrogens (tertiary/aromatic N) is 3. The van der Waals surface area contributed by atoms with Gasteiger partial charge in [-0.05, 0) is 50.6 Å². The Morgan fingerprint density at radius 3 is 2.78 bits per heavy atom. The van der Waals surface area contributed by atoms with E-state index in [9.17, 15) is 9.90 Å². The number of nitrogens with one attached hydrogen (secondary N) is 2. The first kappa shape index (κ1) is 18.9. The number of carbonyl (C=O) groups excluding carboxylic acids is 1. The third kappa shape index (κ3) is 4.87. The average Bonchev–Trinajstić information content (AvgIpc) is 3.12. The van der Waals surface area contributed by atoms with Crippen molar-refractivity contribution in [3.05, 3.63) is 53.3 Å². The van der Waals surface area contributed by atoms with Crippen molar-refractivity contribution in [1.82, 2.24) is 20.3 Å². The summed E-state index contributed by atoms with van der Waals surface area (Å²) >= 11 is 1.25. The van der Waals surface area contributed by atoms with Crippen molar-refractivity contribution in [2.75, 3.05) is 11.9 Å². The number of rotatable bonds is 6.